The Balaban J connectivity index is 4.52. The molecular weight excluding hydrogens is 250 g/mol. The minimum Gasteiger partial charge on any atom is -0.461 e. The van der Waals surface area contributed by atoms with Crippen molar-refractivity contribution in [2.45, 2.75) is 98.1 Å². The molecule has 0 aliphatic heterocycles. The highest BCUT2D eigenvalue weighted by Crippen LogP contribution is 2.36. The smallest absolute Gasteiger partial charge is 0.322 e. The molecule has 0 fully saturated rings. The number of hydrogen-bond donors (Lipinski definition) is 1. The summed E-state index contributed by atoms with van der Waals surface area (Å²) >= 11 is 0. The molecule has 0 heterocycles. The molecule has 3 heteroatoms. The Morgan fingerprint density at radius 3 is 2.10 bits per heavy atom. The lowest BCUT2D eigenvalue weighted by Gasteiger charge is -2.36. The maximum Gasteiger partial charge on any atom is 0.322 e. The third-order valence-corrected chi connectivity index (χ3v) is 4.35. The molecule has 0 saturated heterocycles. The summed E-state index contributed by atoms with van der Waals surface area (Å²) in [5.74, 6) is -0.284. The average Bonchev–Trinajstić information content (AvgIpc) is 2.41. The molecular formula is C17H35NO2. The Labute approximate surface area is 125 Å². The Morgan fingerprint density at radius 1 is 1.05 bits per heavy atom. The lowest BCUT2D eigenvalue weighted by Crippen LogP contribution is -2.39. The fourth-order valence-corrected chi connectivity index (χ4v) is 2.49. The van der Waals surface area contributed by atoms with Crippen LogP contribution in [0.15, 0.2) is 0 Å². The number of hydrogen-bond acceptors (Lipinski definition) is 3. The number of carbonyl (C=O) groups excluding carboxylic acids is 1. The molecule has 0 aromatic heterocycles. The molecule has 3 nitrogen and oxygen atoms in total. The van der Waals surface area contributed by atoms with Gasteiger partial charge < -0.3 is 10.5 Å². The first-order valence-corrected chi connectivity index (χ1v) is 8.33. The molecule has 0 saturated carbocycles. The number of esters is 1. The van der Waals surface area contributed by atoms with E-state index in [1.54, 1.807) is 6.92 Å². The van der Waals surface area contributed by atoms with Gasteiger partial charge in [0.15, 0.2) is 0 Å². The van der Waals surface area contributed by atoms with Crippen LogP contribution >= 0.6 is 0 Å². The van der Waals surface area contributed by atoms with Gasteiger partial charge in [-0.2, -0.15) is 0 Å². The van der Waals surface area contributed by atoms with Crippen LogP contribution in [0.4, 0.5) is 0 Å². The molecule has 20 heavy (non-hydrogen) atoms. The van der Waals surface area contributed by atoms with E-state index in [9.17, 15) is 4.79 Å². The van der Waals surface area contributed by atoms with Crippen molar-refractivity contribution in [3.8, 4) is 0 Å². The number of carbonyl (C=O) groups is 1. The van der Waals surface area contributed by atoms with E-state index in [4.69, 9.17) is 10.5 Å². The minimum atomic E-state index is -0.534. The molecule has 2 N–H and O–H groups in total. The molecule has 0 aromatic carbocycles. The zero-order chi connectivity index (χ0) is 15.6. The van der Waals surface area contributed by atoms with Gasteiger partial charge in [-0.3, -0.25) is 4.79 Å². The van der Waals surface area contributed by atoms with Crippen LogP contribution in [0.1, 0.15) is 86.0 Å². The average molecular weight is 285 g/mol. The Kier molecular flexibility index (Phi) is 9.91. The van der Waals surface area contributed by atoms with Gasteiger partial charge >= 0.3 is 5.97 Å². The van der Waals surface area contributed by atoms with Gasteiger partial charge in [-0.05, 0) is 26.7 Å². The first kappa shape index (κ1) is 19.4. The summed E-state index contributed by atoms with van der Waals surface area (Å²) in [6.45, 7) is 10.4. The Morgan fingerprint density at radius 2 is 1.60 bits per heavy atom. The molecule has 0 spiro atoms. The van der Waals surface area contributed by atoms with E-state index in [1.807, 2.05) is 6.92 Å². The van der Waals surface area contributed by atoms with Crippen LogP contribution in [-0.2, 0) is 9.53 Å². The first-order valence-electron chi connectivity index (χ1n) is 8.33. The highest BCUT2D eigenvalue weighted by atomic mass is 16.5. The van der Waals surface area contributed by atoms with Gasteiger partial charge in [0.1, 0.15) is 12.1 Å². The molecule has 0 aromatic rings. The zero-order valence-electron chi connectivity index (χ0n) is 14.2. The first-order chi connectivity index (χ1) is 9.37. The van der Waals surface area contributed by atoms with Crippen LogP contribution in [0.5, 0.6) is 0 Å². The lowest BCUT2D eigenvalue weighted by atomic mass is 9.76. The Hall–Kier alpha value is -0.570. The van der Waals surface area contributed by atoms with E-state index in [2.05, 4.69) is 20.8 Å². The van der Waals surface area contributed by atoms with Gasteiger partial charge in [0, 0.05) is 5.41 Å². The predicted molar refractivity (Wildman–Crippen MR) is 85.6 cm³/mol. The Bertz CT molecular complexity index is 266. The van der Waals surface area contributed by atoms with Crippen molar-refractivity contribution in [3.05, 3.63) is 0 Å². The summed E-state index contributed by atoms with van der Waals surface area (Å²) in [7, 11) is 0. The minimum absolute atomic E-state index is 0.0609. The van der Waals surface area contributed by atoms with Crippen molar-refractivity contribution in [3.63, 3.8) is 0 Å². The summed E-state index contributed by atoms with van der Waals surface area (Å²) in [6, 6.07) is -0.534. The van der Waals surface area contributed by atoms with Crippen molar-refractivity contribution < 1.29 is 9.53 Å². The summed E-state index contributed by atoms with van der Waals surface area (Å²) in [6.07, 6.45) is 9.57. The lowest BCUT2D eigenvalue weighted by molar-refractivity contribution is -0.156. The topological polar surface area (TPSA) is 52.3 Å². The van der Waals surface area contributed by atoms with E-state index < -0.39 is 6.04 Å². The predicted octanol–water partition coefficient (Wildman–Crippen LogP) is 4.43. The van der Waals surface area contributed by atoms with E-state index in [-0.39, 0.29) is 17.5 Å². The molecule has 0 bridgehead atoms. The van der Waals surface area contributed by atoms with Crippen molar-refractivity contribution >= 4 is 5.97 Å². The maximum absolute atomic E-state index is 11.7. The SMILES string of the molecule is CCCCCCC(C)(CCCC)C(C)OC(=O)C(C)N. The normalized spacial score (nSPS) is 17.3. The van der Waals surface area contributed by atoms with Crippen molar-refractivity contribution in [2.75, 3.05) is 0 Å². The second kappa shape index (κ2) is 10.2. The zero-order valence-corrected chi connectivity index (χ0v) is 14.2. The number of ether oxygens (including phenoxy) is 1. The van der Waals surface area contributed by atoms with E-state index in [0.29, 0.717) is 0 Å². The fourth-order valence-electron chi connectivity index (χ4n) is 2.49. The van der Waals surface area contributed by atoms with E-state index >= 15 is 0 Å². The monoisotopic (exact) mass is 285 g/mol. The highest BCUT2D eigenvalue weighted by molar-refractivity contribution is 5.75. The van der Waals surface area contributed by atoms with E-state index in [1.165, 1.54) is 38.5 Å². The molecule has 3 atom stereocenters. The second-order valence-corrected chi connectivity index (χ2v) is 6.44. The standard InChI is InChI=1S/C17H35NO2/c1-6-8-10-11-13-17(5,12-9-7-2)15(4)20-16(19)14(3)18/h14-15H,6-13,18H2,1-5H3. The van der Waals surface area contributed by atoms with Crippen molar-refractivity contribution in [1.82, 2.24) is 0 Å². The van der Waals surface area contributed by atoms with Gasteiger partial charge in [0.2, 0.25) is 0 Å². The van der Waals surface area contributed by atoms with Gasteiger partial charge in [-0.1, -0.05) is 59.3 Å². The molecule has 0 rings (SSSR count). The van der Waals surface area contributed by atoms with E-state index in [0.717, 1.165) is 12.8 Å². The molecule has 0 amide bonds. The van der Waals surface area contributed by atoms with Crippen LogP contribution in [0.25, 0.3) is 0 Å². The fraction of sp³-hybridized carbons (Fsp3) is 0.941. The summed E-state index contributed by atoms with van der Waals surface area (Å²) in [5, 5.41) is 0. The largest absolute Gasteiger partial charge is 0.461 e. The van der Waals surface area contributed by atoms with Gasteiger partial charge in [-0.15, -0.1) is 0 Å². The van der Waals surface area contributed by atoms with Crippen molar-refractivity contribution in [1.29, 1.82) is 0 Å². The molecule has 0 aliphatic rings. The third-order valence-electron chi connectivity index (χ3n) is 4.35. The highest BCUT2D eigenvalue weighted by Gasteiger charge is 2.33. The van der Waals surface area contributed by atoms with Crippen LogP contribution < -0.4 is 5.73 Å². The maximum atomic E-state index is 11.7. The van der Waals surface area contributed by atoms with Crippen LogP contribution in [0.3, 0.4) is 0 Å². The summed E-state index contributed by atoms with van der Waals surface area (Å²) < 4.78 is 5.57. The molecule has 120 valence electrons. The van der Waals surface area contributed by atoms with Gasteiger partial charge in [0.05, 0.1) is 0 Å². The van der Waals surface area contributed by atoms with Crippen molar-refractivity contribution in [2.24, 2.45) is 11.1 Å². The summed E-state index contributed by atoms with van der Waals surface area (Å²) in [5.41, 5.74) is 5.67. The molecule has 3 unspecified atom stereocenters. The van der Waals surface area contributed by atoms with Crippen LogP contribution in [-0.4, -0.2) is 18.1 Å². The quantitative estimate of drug-likeness (QED) is 0.451. The number of nitrogens with two attached hydrogens (primary N) is 1. The van der Waals surface area contributed by atoms with Gasteiger partial charge in [-0.25, -0.2) is 0 Å². The molecule has 0 aliphatic carbocycles. The second-order valence-electron chi connectivity index (χ2n) is 6.44. The summed E-state index contributed by atoms with van der Waals surface area (Å²) in [4.78, 5) is 11.7. The third kappa shape index (κ3) is 7.28. The number of unbranched alkanes of at least 4 members (excludes halogenated alkanes) is 4. The van der Waals surface area contributed by atoms with Crippen LogP contribution in [0.2, 0.25) is 0 Å². The number of rotatable bonds is 11. The van der Waals surface area contributed by atoms with Crippen LogP contribution in [0, 0.1) is 5.41 Å². The van der Waals surface area contributed by atoms with Gasteiger partial charge in [0.25, 0.3) is 0 Å². The molecule has 0 radical (unpaired) electrons.